The summed E-state index contributed by atoms with van der Waals surface area (Å²) in [5, 5.41) is 6.49. The fourth-order valence-electron chi connectivity index (χ4n) is 3.05. The molecule has 1 atom stereocenters. The van der Waals surface area contributed by atoms with Gasteiger partial charge in [0.15, 0.2) is 5.58 Å². The number of ether oxygens (including phenoxy) is 1. The lowest BCUT2D eigenvalue weighted by atomic mass is 10.1. The molecule has 0 fully saturated rings. The van der Waals surface area contributed by atoms with Crippen LogP contribution in [0.4, 0.5) is 0 Å². The van der Waals surface area contributed by atoms with Crippen molar-refractivity contribution in [3.63, 3.8) is 0 Å². The number of nitrogens with one attached hydrogen (secondary N) is 2. The third kappa shape index (κ3) is 6.57. The lowest BCUT2D eigenvalue weighted by Crippen LogP contribution is -2.43. The highest BCUT2D eigenvalue weighted by molar-refractivity contribution is 7.99. The smallest absolute Gasteiger partial charge is 0.328 e. The van der Waals surface area contributed by atoms with Crippen molar-refractivity contribution in [1.82, 2.24) is 15.6 Å². The minimum atomic E-state index is -0.777. The summed E-state index contributed by atoms with van der Waals surface area (Å²) in [5.41, 5.74) is 2.58. The minimum absolute atomic E-state index is 0.250. The predicted octanol–water partition coefficient (Wildman–Crippen LogP) is 3.43. The SMILES string of the molecule is CCOC(=O)C(Cc1ccccc1)NC(=O)c1ccc2oc(SCCCNC)nc2c1. The number of carbonyl (C=O) groups excluding carboxylic acids is 2. The molecule has 0 aliphatic carbocycles. The number of esters is 1. The van der Waals surface area contributed by atoms with E-state index in [0.717, 1.165) is 24.3 Å². The molecule has 1 amide bonds. The van der Waals surface area contributed by atoms with Gasteiger partial charge in [-0.2, -0.15) is 0 Å². The molecule has 0 aliphatic heterocycles. The molecule has 0 aliphatic rings. The van der Waals surface area contributed by atoms with E-state index in [0.29, 0.717) is 28.3 Å². The van der Waals surface area contributed by atoms with Crippen LogP contribution in [0, 0.1) is 0 Å². The maximum atomic E-state index is 12.9. The Morgan fingerprint density at radius 3 is 2.74 bits per heavy atom. The largest absolute Gasteiger partial charge is 0.464 e. The monoisotopic (exact) mass is 441 g/mol. The lowest BCUT2D eigenvalue weighted by molar-refractivity contribution is -0.145. The van der Waals surface area contributed by atoms with Gasteiger partial charge in [0.05, 0.1) is 6.61 Å². The van der Waals surface area contributed by atoms with E-state index in [1.807, 2.05) is 37.4 Å². The summed E-state index contributed by atoms with van der Waals surface area (Å²) in [4.78, 5) is 29.7. The van der Waals surface area contributed by atoms with Gasteiger partial charge in [0.1, 0.15) is 11.6 Å². The molecule has 3 aromatic rings. The molecule has 1 heterocycles. The summed E-state index contributed by atoms with van der Waals surface area (Å²) >= 11 is 1.54. The van der Waals surface area contributed by atoms with E-state index in [-0.39, 0.29) is 12.5 Å². The Labute approximate surface area is 185 Å². The molecule has 0 radical (unpaired) electrons. The quantitative estimate of drug-likeness (QED) is 0.267. The number of carbonyl (C=O) groups is 2. The molecule has 164 valence electrons. The van der Waals surface area contributed by atoms with Crippen LogP contribution in [0.15, 0.2) is 58.2 Å². The van der Waals surface area contributed by atoms with Crippen molar-refractivity contribution in [2.75, 3.05) is 26.0 Å². The van der Waals surface area contributed by atoms with Crippen molar-refractivity contribution in [1.29, 1.82) is 0 Å². The molecule has 3 rings (SSSR count). The Kier molecular flexibility index (Phi) is 8.49. The number of rotatable bonds is 11. The number of hydrogen-bond donors (Lipinski definition) is 2. The van der Waals surface area contributed by atoms with Gasteiger partial charge >= 0.3 is 5.97 Å². The molecule has 0 spiro atoms. The van der Waals surface area contributed by atoms with E-state index < -0.39 is 12.0 Å². The molecule has 2 N–H and O–H groups in total. The van der Waals surface area contributed by atoms with Gasteiger partial charge in [-0.3, -0.25) is 4.79 Å². The zero-order chi connectivity index (χ0) is 22.1. The molecule has 8 heteroatoms. The standard InChI is InChI=1S/C23H27N3O4S/c1-3-29-22(28)19(14-16-8-5-4-6-9-16)25-21(27)17-10-11-20-18(15-17)26-23(30-20)31-13-7-12-24-2/h4-6,8-11,15,19,24H,3,7,12-14H2,1-2H3,(H,25,27). The van der Waals surface area contributed by atoms with Crippen molar-refractivity contribution in [3.8, 4) is 0 Å². The molecule has 1 aromatic heterocycles. The number of amides is 1. The summed E-state index contributed by atoms with van der Waals surface area (Å²) in [6.07, 6.45) is 1.36. The van der Waals surface area contributed by atoms with Gasteiger partial charge < -0.3 is 19.8 Å². The molecular weight excluding hydrogens is 414 g/mol. The first-order valence-corrected chi connectivity index (χ1v) is 11.3. The van der Waals surface area contributed by atoms with Crippen molar-refractivity contribution in [2.24, 2.45) is 0 Å². The van der Waals surface area contributed by atoms with Gasteiger partial charge in [-0.25, -0.2) is 9.78 Å². The predicted molar refractivity (Wildman–Crippen MR) is 121 cm³/mol. The molecule has 7 nitrogen and oxygen atoms in total. The second kappa shape index (κ2) is 11.5. The summed E-state index contributed by atoms with van der Waals surface area (Å²) in [5.74, 6) is 0.0754. The van der Waals surface area contributed by atoms with Gasteiger partial charge in [0.25, 0.3) is 11.1 Å². The fourth-order valence-corrected chi connectivity index (χ4v) is 3.82. The first kappa shape index (κ1) is 22.8. The number of benzene rings is 2. The molecule has 0 bridgehead atoms. The number of fused-ring (bicyclic) bond motifs is 1. The Bertz CT molecular complexity index is 1010. The normalized spacial score (nSPS) is 11.9. The summed E-state index contributed by atoms with van der Waals surface area (Å²) < 4.78 is 10.9. The first-order chi connectivity index (χ1) is 15.1. The van der Waals surface area contributed by atoms with Crippen molar-refractivity contribution < 1.29 is 18.7 Å². The van der Waals surface area contributed by atoms with Crippen LogP contribution < -0.4 is 10.6 Å². The summed E-state index contributed by atoms with van der Waals surface area (Å²) in [6.45, 7) is 2.92. The highest BCUT2D eigenvalue weighted by atomic mass is 32.2. The molecule has 2 aromatic carbocycles. The Hall–Kier alpha value is -2.84. The van der Waals surface area contributed by atoms with Gasteiger partial charge in [0.2, 0.25) is 0 Å². The van der Waals surface area contributed by atoms with Crippen LogP contribution >= 0.6 is 11.8 Å². The minimum Gasteiger partial charge on any atom is -0.464 e. The van der Waals surface area contributed by atoms with Gasteiger partial charge in [-0.15, -0.1) is 0 Å². The Morgan fingerprint density at radius 2 is 2.00 bits per heavy atom. The van der Waals surface area contributed by atoms with Crippen molar-refractivity contribution >= 4 is 34.7 Å². The zero-order valence-corrected chi connectivity index (χ0v) is 18.5. The topological polar surface area (TPSA) is 93.5 Å². The average Bonchev–Trinajstić information content (AvgIpc) is 3.19. The van der Waals surface area contributed by atoms with Gasteiger partial charge in [-0.05, 0) is 50.7 Å². The highest BCUT2D eigenvalue weighted by Gasteiger charge is 2.23. The number of oxazole rings is 1. The van der Waals surface area contributed by atoms with E-state index in [9.17, 15) is 9.59 Å². The van der Waals surface area contributed by atoms with Crippen LogP contribution in [0.25, 0.3) is 11.1 Å². The van der Waals surface area contributed by atoms with Crippen LogP contribution in [-0.4, -0.2) is 48.9 Å². The zero-order valence-electron chi connectivity index (χ0n) is 17.7. The third-order valence-corrected chi connectivity index (χ3v) is 5.50. The number of hydrogen-bond acceptors (Lipinski definition) is 7. The maximum Gasteiger partial charge on any atom is 0.328 e. The Balaban J connectivity index is 1.70. The number of nitrogens with zero attached hydrogens (tertiary/aromatic N) is 1. The summed E-state index contributed by atoms with van der Waals surface area (Å²) in [6, 6.07) is 13.8. The van der Waals surface area contributed by atoms with E-state index in [2.05, 4.69) is 15.6 Å². The van der Waals surface area contributed by atoms with Gasteiger partial charge in [0, 0.05) is 17.7 Å². The highest BCUT2D eigenvalue weighted by Crippen LogP contribution is 2.24. The van der Waals surface area contributed by atoms with E-state index in [1.165, 1.54) is 0 Å². The Morgan fingerprint density at radius 1 is 1.19 bits per heavy atom. The second-order valence-corrected chi connectivity index (χ2v) is 7.98. The van der Waals surface area contributed by atoms with Crippen LogP contribution in [-0.2, 0) is 16.0 Å². The first-order valence-electron chi connectivity index (χ1n) is 10.3. The van der Waals surface area contributed by atoms with Crippen LogP contribution in [0.3, 0.4) is 0 Å². The van der Waals surface area contributed by atoms with E-state index in [4.69, 9.17) is 9.15 Å². The van der Waals surface area contributed by atoms with Crippen LogP contribution in [0.1, 0.15) is 29.3 Å². The third-order valence-electron chi connectivity index (χ3n) is 4.59. The maximum absolute atomic E-state index is 12.9. The number of thioether (sulfide) groups is 1. The van der Waals surface area contributed by atoms with Crippen LogP contribution in [0.5, 0.6) is 0 Å². The lowest BCUT2D eigenvalue weighted by Gasteiger charge is -2.17. The molecule has 31 heavy (non-hydrogen) atoms. The molecule has 1 unspecified atom stereocenters. The number of aromatic nitrogens is 1. The molecular formula is C23H27N3O4S. The van der Waals surface area contributed by atoms with Crippen molar-refractivity contribution in [3.05, 3.63) is 59.7 Å². The fraction of sp³-hybridized carbons (Fsp3) is 0.348. The molecule has 0 saturated carbocycles. The second-order valence-electron chi connectivity index (χ2n) is 6.94. The summed E-state index contributed by atoms with van der Waals surface area (Å²) in [7, 11) is 1.92. The van der Waals surface area contributed by atoms with Crippen molar-refractivity contribution in [2.45, 2.75) is 31.0 Å². The van der Waals surface area contributed by atoms with Gasteiger partial charge in [-0.1, -0.05) is 42.1 Å². The van der Waals surface area contributed by atoms with Crippen LogP contribution in [0.2, 0.25) is 0 Å². The average molecular weight is 442 g/mol. The van der Waals surface area contributed by atoms with E-state index in [1.54, 1.807) is 36.9 Å². The van der Waals surface area contributed by atoms with E-state index >= 15 is 0 Å². The molecule has 0 saturated heterocycles.